The third kappa shape index (κ3) is 5.41. The Hall–Kier alpha value is -1.39. The van der Waals surface area contributed by atoms with Crippen LogP contribution in [0.15, 0.2) is 30.3 Å². The molecule has 0 bridgehead atoms. The van der Waals surface area contributed by atoms with Gasteiger partial charge in [0.1, 0.15) is 0 Å². The zero-order chi connectivity index (χ0) is 14.3. The second-order valence-corrected chi connectivity index (χ2v) is 5.19. The number of nitrogens with two attached hydrogens (primary N) is 1. The van der Waals surface area contributed by atoms with E-state index in [-0.39, 0.29) is 11.8 Å². The Balaban J connectivity index is 2.56. The SMILES string of the molecule is CN(C)CCN(C)C(=O)C(CN)Cc1ccccc1. The van der Waals surface area contributed by atoms with Crippen molar-refractivity contribution < 1.29 is 4.79 Å². The predicted octanol–water partition coefficient (Wildman–Crippen LogP) is 0.824. The highest BCUT2D eigenvalue weighted by Gasteiger charge is 2.20. The van der Waals surface area contributed by atoms with E-state index in [1.165, 1.54) is 0 Å². The van der Waals surface area contributed by atoms with E-state index in [0.29, 0.717) is 13.0 Å². The van der Waals surface area contributed by atoms with Gasteiger partial charge >= 0.3 is 0 Å². The van der Waals surface area contributed by atoms with Crippen LogP contribution in [0.3, 0.4) is 0 Å². The van der Waals surface area contributed by atoms with Crippen molar-refractivity contribution in [3.8, 4) is 0 Å². The van der Waals surface area contributed by atoms with E-state index in [1.54, 1.807) is 4.90 Å². The third-order valence-corrected chi connectivity index (χ3v) is 3.22. The van der Waals surface area contributed by atoms with Crippen LogP contribution in [0.1, 0.15) is 5.56 Å². The topological polar surface area (TPSA) is 49.6 Å². The monoisotopic (exact) mass is 263 g/mol. The molecule has 1 rings (SSSR count). The molecule has 19 heavy (non-hydrogen) atoms. The third-order valence-electron chi connectivity index (χ3n) is 3.22. The van der Waals surface area contributed by atoms with Crippen molar-refractivity contribution in [2.75, 3.05) is 40.8 Å². The molecule has 1 unspecified atom stereocenters. The van der Waals surface area contributed by atoms with Crippen molar-refractivity contribution in [2.45, 2.75) is 6.42 Å². The van der Waals surface area contributed by atoms with Crippen LogP contribution >= 0.6 is 0 Å². The maximum atomic E-state index is 12.3. The van der Waals surface area contributed by atoms with Crippen molar-refractivity contribution >= 4 is 5.91 Å². The van der Waals surface area contributed by atoms with E-state index >= 15 is 0 Å². The summed E-state index contributed by atoms with van der Waals surface area (Å²) in [7, 11) is 5.85. The molecule has 0 aliphatic carbocycles. The fourth-order valence-electron chi connectivity index (χ4n) is 1.94. The fraction of sp³-hybridized carbons (Fsp3) is 0.533. The molecule has 0 aromatic heterocycles. The van der Waals surface area contributed by atoms with Crippen molar-refractivity contribution in [2.24, 2.45) is 11.7 Å². The molecular formula is C15H25N3O. The van der Waals surface area contributed by atoms with Gasteiger partial charge in [-0.05, 0) is 26.1 Å². The van der Waals surface area contributed by atoms with Gasteiger partial charge in [0.2, 0.25) is 5.91 Å². The Labute approximate surface area is 116 Å². The normalized spacial score (nSPS) is 12.5. The molecule has 106 valence electrons. The second kappa shape index (κ2) is 7.92. The first-order valence-corrected chi connectivity index (χ1v) is 6.68. The Morgan fingerprint density at radius 1 is 1.16 bits per heavy atom. The molecule has 0 heterocycles. The van der Waals surface area contributed by atoms with E-state index in [0.717, 1.165) is 18.7 Å². The summed E-state index contributed by atoms with van der Waals surface area (Å²) < 4.78 is 0. The Morgan fingerprint density at radius 2 is 1.79 bits per heavy atom. The first-order valence-electron chi connectivity index (χ1n) is 6.68. The van der Waals surface area contributed by atoms with Gasteiger partial charge in [0, 0.05) is 26.7 Å². The number of carbonyl (C=O) groups is 1. The van der Waals surface area contributed by atoms with Crippen LogP contribution < -0.4 is 5.73 Å². The van der Waals surface area contributed by atoms with Gasteiger partial charge in [-0.15, -0.1) is 0 Å². The zero-order valence-electron chi connectivity index (χ0n) is 12.2. The van der Waals surface area contributed by atoms with Gasteiger partial charge in [-0.25, -0.2) is 0 Å². The van der Waals surface area contributed by atoms with Crippen molar-refractivity contribution in [3.05, 3.63) is 35.9 Å². The lowest BCUT2D eigenvalue weighted by Gasteiger charge is -2.24. The molecule has 0 aliphatic heterocycles. The average molecular weight is 263 g/mol. The first kappa shape index (κ1) is 15.7. The molecule has 0 radical (unpaired) electrons. The summed E-state index contributed by atoms with van der Waals surface area (Å²) in [6, 6.07) is 10.0. The maximum Gasteiger partial charge on any atom is 0.227 e. The van der Waals surface area contributed by atoms with Gasteiger partial charge in [0.15, 0.2) is 0 Å². The molecule has 0 saturated heterocycles. The minimum absolute atomic E-state index is 0.130. The van der Waals surface area contributed by atoms with Crippen LogP contribution in [-0.4, -0.2) is 56.5 Å². The molecule has 0 spiro atoms. The zero-order valence-corrected chi connectivity index (χ0v) is 12.2. The fourth-order valence-corrected chi connectivity index (χ4v) is 1.94. The maximum absolute atomic E-state index is 12.3. The van der Waals surface area contributed by atoms with E-state index in [2.05, 4.69) is 4.90 Å². The molecule has 0 fully saturated rings. The number of nitrogens with zero attached hydrogens (tertiary/aromatic N) is 2. The number of amides is 1. The summed E-state index contributed by atoms with van der Waals surface area (Å²) in [6.45, 7) is 1.99. The lowest BCUT2D eigenvalue weighted by atomic mass is 9.98. The van der Waals surface area contributed by atoms with Gasteiger partial charge < -0.3 is 15.5 Å². The molecule has 1 amide bonds. The number of likely N-dealkylation sites (N-methyl/N-ethyl adjacent to an activating group) is 2. The summed E-state index contributed by atoms with van der Waals surface area (Å²) in [5.74, 6) is 0.00256. The van der Waals surface area contributed by atoms with E-state index in [9.17, 15) is 4.79 Å². The van der Waals surface area contributed by atoms with Crippen LogP contribution in [0, 0.1) is 5.92 Å². The smallest absolute Gasteiger partial charge is 0.227 e. The summed E-state index contributed by atoms with van der Waals surface area (Å²) in [6.07, 6.45) is 0.711. The summed E-state index contributed by atoms with van der Waals surface area (Å²) >= 11 is 0. The Bertz CT molecular complexity index is 378. The summed E-state index contributed by atoms with van der Waals surface area (Å²) in [5.41, 5.74) is 6.92. The number of carbonyl (C=O) groups excluding carboxylic acids is 1. The average Bonchev–Trinajstić information content (AvgIpc) is 2.42. The number of hydrogen-bond donors (Lipinski definition) is 1. The van der Waals surface area contributed by atoms with Crippen LogP contribution in [0.2, 0.25) is 0 Å². The summed E-state index contributed by atoms with van der Waals surface area (Å²) in [5, 5.41) is 0. The van der Waals surface area contributed by atoms with E-state index < -0.39 is 0 Å². The van der Waals surface area contributed by atoms with Gasteiger partial charge in [-0.1, -0.05) is 30.3 Å². The minimum atomic E-state index is -0.130. The number of rotatable bonds is 7. The molecule has 4 heteroatoms. The van der Waals surface area contributed by atoms with Gasteiger partial charge in [0.25, 0.3) is 0 Å². The second-order valence-electron chi connectivity index (χ2n) is 5.19. The van der Waals surface area contributed by atoms with Gasteiger partial charge in [0.05, 0.1) is 5.92 Å². The molecule has 1 atom stereocenters. The highest BCUT2D eigenvalue weighted by atomic mass is 16.2. The molecule has 0 aliphatic rings. The van der Waals surface area contributed by atoms with Crippen LogP contribution in [0.4, 0.5) is 0 Å². The molecule has 4 nitrogen and oxygen atoms in total. The van der Waals surface area contributed by atoms with Crippen molar-refractivity contribution in [1.82, 2.24) is 9.80 Å². The van der Waals surface area contributed by atoms with Crippen molar-refractivity contribution in [3.63, 3.8) is 0 Å². The highest BCUT2D eigenvalue weighted by Crippen LogP contribution is 2.10. The highest BCUT2D eigenvalue weighted by molar-refractivity contribution is 5.79. The van der Waals surface area contributed by atoms with Crippen LogP contribution in [0.5, 0.6) is 0 Å². The van der Waals surface area contributed by atoms with E-state index in [1.807, 2.05) is 51.5 Å². The standard InChI is InChI=1S/C15H25N3O/c1-17(2)9-10-18(3)15(19)14(12-16)11-13-7-5-4-6-8-13/h4-8,14H,9-12,16H2,1-3H3. The lowest BCUT2D eigenvalue weighted by Crippen LogP contribution is -2.40. The molecule has 1 aromatic carbocycles. The summed E-state index contributed by atoms with van der Waals surface area (Å²) in [4.78, 5) is 16.2. The van der Waals surface area contributed by atoms with Crippen LogP contribution in [0.25, 0.3) is 0 Å². The van der Waals surface area contributed by atoms with Crippen molar-refractivity contribution in [1.29, 1.82) is 0 Å². The molecule has 1 aromatic rings. The number of hydrogen-bond acceptors (Lipinski definition) is 3. The van der Waals surface area contributed by atoms with Gasteiger partial charge in [-0.3, -0.25) is 4.79 Å². The minimum Gasteiger partial charge on any atom is -0.344 e. The predicted molar refractivity (Wildman–Crippen MR) is 78.9 cm³/mol. The largest absolute Gasteiger partial charge is 0.344 e. The Kier molecular flexibility index (Phi) is 6.53. The number of benzene rings is 1. The molecule has 0 saturated carbocycles. The molecular weight excluding hydrogens is 238 g/mol. The quantitative estimate of drug-likeness (QED) is 0.792. The van der Waals surface area contributed by atoms with Crippen LogP contribution in [-0.2, 0) is 11.2 Å². The van der Waals surface area contributed by atoms with Gasteiger partial charge in [-0.2, -0.15) is 0 Å². The Morgan fingerprint density at radius 3 is 2.32 bits per heavy atom. The molecule has 2 N–H and O–H groups in total. The first-order chi connectivity index (χ1) is 9.04. The lowest BCUT2D eigenvalue weighted by molar-refractivity contribution is -0.134. The van der Waals surface area contributed by atoms with E-state index in [4.69, 9.17) is 5.73 Å².